The van der Waals surface area contributed by atoms with E-state index in [4.69, 9.17) is 10.6 Å². The van der Waals surface area contributed by atoms with Crippen molar-refractivity contribution in [3.63, 3.8) is 0 Å². The average molecular weight is 290 g/mol. The Hall–Kier alpha value is -0.920. The maximum atomic E-state index is 5.33. The molecular formula is C9H16BrN5O. The van der Waals surface area contributed by atoms with Crippen molar-refractivity contribution >= 4 is 27.6 Å². The van der Waals surface area contributed by atoms with Crippen LogP contribution in [-0.4, -0.2) is 36.8 Å². The molecule has 1 rings (SSSR count). The zero-order chi connectivity index (χ0) is 12.0. The Labute approximate surface area is 103 Å². The third kappa shape index (κ3) is 3.29. The van der Waals surface area contributed by atoms with Crippen LogP contribution in [0.1, 0.15) is 6.92 Å². The van der Waals surface area contributed by atoms with Gasteiger partial charge >= 0.3 is 0 Å². The molecule has 0 atom stereocenters. The van der Waals surface area contributed by atoms with E-state index in [0.29, 0.717) is 19.0 Å². The summed E-state index contributed by atoms with van der Waals surface area (Å²) in [5.74, 6) is 6.67. The molecule has 1 heterocycles. The molecule has 7 heteroatoms. The number of hydrazine groups is 1. The van der Waals surface area contributed by atoms with Crippen LogP contribution in [0, 0.1) is 0 Å². The number of anilines is 2. The molecule has 0 bridgehead atoms. The molecule has 0 saturated carbocycles. The smallest absolute Gasteiger partial charge is 0.159 e. The molecule has 0 aliphatic carbocycles. The van der Waals surface area contributed by atoms with E-state index < -0.39 is 0 Å². The van der Waals surface area contributed by atoms with Gasteiger partial charge in [-0.15, -0.1) is 0 Å². The first kappa shape index (κ1) is 13.1. The number of rotatable bonds is 6. The highest BCUT2D eigenvalue weighted by Crippen LogP contribution is 2.27. The molecule has 1 aromatic rings. The van der Waals surface area contributed by atoms with E-state index in [-0.39, 0.29) is 0 Å². The highest BCUT2D eigenvalue weighted by Gasteiger charge is 2.11. The second-order valence-corrected chi connectivity index (χ2v) is 3.92. The molecule has 0 spiro atoms. The number of halogens is 1. The SMILES string of the molecule is CCOCCN(C)c1ncnc(NN)c1Br. The van der Waals surface area contributed by atoms with Crippen LogP contribution in [0.4, 0.5) is 11.6 Å². The van der Waals surface area contributed by atoms with E-state index in [9.17, 15) is 0 Å². The molecule has 0 unspecified atom stereocenters. The van der Waals surface area contributed by atoms with Crippen LogP contribution in [0.3, 0.4) is 0 Å². The Morgan fingerprint density at radius 1 is 1.56 bits per heavy atom. The number of nitrogen functional groups attached to an aromatic ring is 1. The normalized spacial score (nSPS) is 10.2. The van der Waals surface area contributed by atoms with Crippen molar-refractivity contribution in [3.8, 4) is 0 Å². The second kappa shape index (κ2) is 6.62. The van der Waals surface area contributed by atoms with Crippen molar-refractivity contribution in [3.05, 3.63) is 10.8 Å². The molecule has 0 saturated heterocycles. The Balaban J connectivity index is 2.71. The number of ether oxygens (including phenoxy) is 1. The summed E-state index contributed by atoms with van der Waals surface area (Å²) in [7, 11) is 1.94. The highest BCUT2D eigenvalue weighted by atomic mass is 79.9. The van der Waals surface area contributed by atoms with Crippen molar-refractivity contribution in [2.24, 2.45) is 5.84 Å². The van der Waals surface area contributed by atoms with Crippen LogP contribution in [-0.2, 0) is 4.74 Å². The van der Waals surface area contributed by atoms with Crippen LogP contribution < -0.4 is 16.2 Å². The van der Waals surface area contributed by atoms with Gasteiger partial charge in [-0.1, -0.05) is 0 Å². The molecule has 0 amide bonds. The van der Waals surface area contributed by atoms with Crippen molar-refractivity contribution in [1.82, 2.24) is 9.97 Å². The minimum atomic E-state index is 0.563. The standard InChI is InChI=1S/C9H16BrN5O/c1-3-16-5-4-15(2)9-7(10)8(14-11)12-6-13-9/h6H,3-5,11H2,1-2H3,(H,12,13,14). The summed E-state index contributed by atoms with van der Waals surface area (Å²) in [6.07, 6.45) is 1.46. The minimum Gasteiger partial charge on any atom is -0.380 e. The van der Waals surface area contributed by atoms with E-state index in [0.717, 1.165) is 16.8 Å². The first-order valence-corrected chi connectivity index (χ1v) is 5.76. The average Bonchev–Trinajstić information content (AvgIpc) is 2.29. The van der Waals surface area contributed by atoms with Crippen LogP contribution in [0.2, 0.25) is 0 Å². The van der Waals surface area contributed by atoms with Crippen molar-refractivity contribution in [1.29, 1.82) is 0 Å². The quantitative estimate of drug-likeness (QED) is 0.462. The van der Waals surface area contributed by atoms with Gasteiger partial charge in [0.25, 0.3) is 0 Å². The number of nitrogens with zero attached hydrogens (tertiary/aromatic N) is 3. The Morgan fingerprint density at radius 3 is 2.94 bits per heavy atom. The minimum absolute atomic E-state index is 0.563. The summed E-state index contributed by atoms with van der Waals surface area (Å²) in [4.78, 5) is 10.1. The Bertz CT molecular complexity index is 336. The summed E-state index contributed by atoms with van der Waals surface area (Å²) in [5, 5.41) is 0. The lowest BCUT2D eigenvalue weighted by Gasteiger charge is -2.19. The van der Waals surface area contributed by atoms with E-state index in [1.165, 1.54) is 6.33 Å². The number of nitrogens with one attached hydrogen (secondary N) is 1. The number of nitrogens with two attached hydrogens (primary N) is 1. The number of hydrogen-bond acceptors (Lipinski definition) is 6. The summed E-state index contributed by atoms with van der Waals surface area (Å²) < 4.78 is 6.03. The van der Waals surface area contributed by atoms with Gasteiger partial charge in [-0.2, -0.15) is 0 Å². The van der Waals surface area contributed by atoms with Gasteiger partial charge in [-0.25, -0.2) is 15.8 Å². The summed E-state index contributed by atoms with van der Waals surface area (Å²) in [6, 6.07) is 0. The highest BCUT2D eigenvalue weighted by molar-refractivity contribution is 9.10. The predicted octanol–water partition coefficient (Wildman–Crippen LogP) is 0.997. The molecule has 6 nitrogen and oxygen atoms in total. The monoisotopic (exact) mass is 289 g/mol. The van der Waals surface area contributed by atoms with E-state index >= 15 is 0 Å². The lowest BCUT2D eigenvalue weighted by atomic mass is 10.4. The molecule has 90 valence electrons. The number of likely N-dealkylation sites (N-methyl/N-ethyl adjacent to an activating group) is 1. The van der Waals surface area contributed by atoms with E-state index in [1.54, 1.807) is 0 Å². The fraction of sp³-hybridized carbons (Fsp3) is 0.556. The summed E-state index contributed by atoms with van der Waals surface area (Å²) >= 11 is 3.40. The summed E-state index contributed by atoms with van der Waals surface area (Å²) in [5.41, 5.74) is 2.50. The molecule has 3 N–H and O–H groups in total. The van der Waals surface area contributed by atoms with Gasteiger partial charge in [0.05, 0.1) is 6.61 Å². The fourth-order valence-electron chi connectivity index (χ4n) is 1.18. The third-order valence-electron chi connectivity index (χ3n) is 2.04. The lowest BCUT2D eigenvalue weighted by molar-refractivity contribution is 0.154. The van der Waals surface area contributed by atoms with Crippen LogP contribution in [0.15, 0.2) is 10.8 Å². The first-order chi connectivity index (χ1) is 7.70. The molecular weight excluding hydrogens is 274 g/mol. The van der Waals surface area contributed by atoms with Crippen LogP contribution in [0.25, 0.3) is 0 Å². The van der Waals surface area contributed by atoms with Crippen LogP contribution >= 0.6 is 15.9 Å². The Kier molecular flexibility index (Phi) is 5.44. The summed E-state index contributed by atoms with van der Waals surface area (Å²) in [6.45, 7) is 4.10. The lowest BCUT2D eigenvalue weighted by Crippen LogP contribution is -2.24. The fourth-order valence-corrected chi connectivity index (χ4v) is 1.80. The zero-order valence-electron chi connectivity index (χ0n) is 9.40. The number of hydrogen-bond donors (Lipinski definition) is 2. The maximum Gasteiger partial charge on any atom is 0.159 e. The predicted molar refractivity (Wildman–Crippen MR) is 67.3 cm³/mol. The van der Waals surface area contributed by atoms with Gasteiger partial charge in [0, 0.05) is 20.2 Å². The third-order valence-corrected chi connectivity index (χ3v) is 2.77. The van der Waals surface area contributed by atoms with Gasteiger partial charge in [-0.3, -0.25) is 0 Å². The van der Waals surface area contributed by atoms with E-state index in [1.807, 2.05) is 18.9 Å². The molecule has 0 aliphatic rings. The van der Waals surface area contributed by atoms with Gasteiger partial charge in [-0.05, 0) is 22.9 Å². The molecule has 0 aromatic carbocycles. The molecule has 0 radical (unpaired) electrons. The van der Waals surface area contributed by atoms with Gasteiger partial charge in [0.15, 0.2) is 5.82 Å². The van der Waals surface area contributed by atoms with Crippen LogP contribution in [0.5, 0.6) is 0 Å². The van der Waals surface area contributed by atoms with Crippen molar-refractivity contribution in [2.75, 3.05) is 37.1 Å². The van der Waals surface area contributed by atoms with E-state index in [2.05, 4.69) is 31.3 Å². The molecule has 1 aromatic heterocycles. The first-order valence-electron chi connectivity index (χ1n) is 4.96. The van der Waals surface area contributed by atoms with Gasteiger partial charge in [0.1, 0.15) is 16.6 Å². The maximum absolute atomic E-state index is 5.33. The van der Waals surface area contributed by atoms with Crippen molar-refractivity contribution < 1.29 is 4.74 Å². The molecule has 0 aliphatic heterocycles. The van der Waals surface area contributed by atoms with Gasteiger partial charge in [0.2, 0.25) is 0 Å². The number of aromatic nitrogens is 2. The molecule has 0 fully saturated rings. The second-order valence-electron chi connectivity index (χ2n) is 3.12. The Morgan fingerprint density at radius 2 is 2.31 bits per heavy atom. The largest absolute Gasteiger partial charge is 0.380 e. The topological polar surface area (TPSA) is 76.3 Å². The van der Waals surface area contributed by atoms with Crippen molar-refractivity contribution in [2.45, 2.75) is 6.92 Å². The zero-order valence-corrected chi connectivity index (χ0v) is 11.0. The van der Waals surface area contributed by atoms with Gasteiger partial charge < -0.3 is 15.1 Å². The molecule has 16 heavy (non-hydrogen) atoms.